The smallest absolute Gasteiger partial charge is 0.261 e. The Morgan fingerprint density at radius 1 is 1.05 bits per heavy atom. The Bertz CT molecular complexity index is 850. The van der Waals surface area contributed by atoms with Gasteiger partial charge in [0.2, 0.25) is 5.78 Å². The summed E-state index contributed by atoms with van der Waals surface area (Å²) in [6.45, 7) is 0.471. The molecule has 0 aliphatic carbocycles. The number of carbonyl (C=O) groups excluding carboxylic acids is 1. The molecule has 0 radical (unpaired) electrons. The summed E-state index contributed by atoms with van der Waals surface area (Å²) >= 11 is 4.59. The minimum atomic E-state index is -0.146. The predicted octanol–water partition coefficient (Wildman–Crippen LogP) is 3.95. The lowest BCUT2D eigenvalue weighted by atomic mass is 10.1. The van der Waals surface area contributed by atoms with Gasteiger partial charge in [-0.2, -0.15) is 0 Å². The van der Waals surface area contributed by atoms with Gasteiger partial charge in [0.05, 0.1) is 11.4 Å². The van der Waals surface area contributed by atoms with Gasteiger partial charge in [0.1, 0.15) is 0 Å². The Hall–Kier alpha value is -1.98. The van der Waals surface area contributed by atoms with Gasteiger partial charge in [0.25, 0.3) is 5.56 Å². The summed E-state index contributed by atoms with van der Waals surface area (Å²) < 4.78 is 2.59. The molecule has 0 N–H and O–H groups in total. The number of nitrogens with zero attached hydrogens (tertiary/aromatic N) is 1. The van der Waals surface area contributed by atoms with Crippen molar-refractivity contribution in [2.45, 2.75) is 6.54 Å². The van der Waals surface area contributed by atoms with Crippen LogP contribution in [0.25, 0.3) is 0 Å². The average molecular weight is 374 g/mol. The van der Waals surface area contributed by atoms with Gasteiger partial charge in [0, 0.05) is 16.1 Å². The van der Waals surface area contributed by atoms with Gasteiger partial charge in [-0.05, 0) is 17.7 Å². The summed E-state index contributed by atoms with van der Waals surface area (Å²) in [5.41, 5.74) is 1.47. The highest BCUT2D eigenvalue weighted by Crippen LogP contribution is 2.16. The molecule has 0 aliphatic rings. The molecule has 0 saturated heterocycles. The van der Waals surface area contributed by atoms with E-state index >= 15 is 0 Å². The van der Waals surface area contributed by atoms with Gasteiger partial charge in [0.15, 0.2) is 0 Å². The molecule has 1 heterocycles. The van der Waals surface area contributed by atoms with Crippen LogP contribution >= 0.6 is 27.5 Å². The summed E-state index contributed by atoms with van der Waals surface area (Å²) in [6.07, 6.45) is 0. The van der Waals surface area contributed by atoms with Crippen molar-refractivity contribution in [3.8, 4) is 0 Å². The number of ketones is 1. The third-order valence-corrected chi connectivity index (χ3v) is 4.77. The largest absolute Gasteiger partial charge is 0.288 e. The van der Waals surface area contributed by atoms with E-state index in [1.807, 2.05) is 42.5 Å². The Kier molecular flexibility index (Phi) is 4.36. The van der Waals surface area contributed by atoms with Crippen molar-refractivity contribution >= 4 is 33.2 Å². The van der Waals surface area contributed by atoms with Gasteiger partial charge in [-0.25, -0.2) is 0 Å². The fourth-order valence-electron chi connectivity index (χ4n) is 2.08. The highest BCUT2D eigenvalue weighted by atomic mass is 79.9. The van der Waals surface area contributed by atoms with E-state index in [1.165, 1.54) is 17.6 Å². The molecule has 1 aromatic heterocycles. The maximum Gasteiger partial charge on any atom is 0.261 e. The number of benzene rings is 2. The normalized spacial score (nSPS) is 10.6. The summed E-state index contributed by atoms with van der Waals surface area (Å²) in [6, 6.07) is 18.2. The van der Waals surface area contributed by atoms with Crippen molar-refractivity contribution in [1.29, 1.82) is 0 Å². The van der Waals surface area contributed by atoms with Crippen LogP contribution in [0.4, 0.5) is 0 Å². The van der Waals surface area contributed by atoms with Crippen LogP contribution in [-0.2, 0) is 6.54 Å². The molecule has 0 spiro atoms. The molecule has 22 heavy (non-hydrogen) atoms. The minimum Gasteiger partial charge on any atom is -0.288 e. The molecule has 0 fully saturated rings. The lowest BCUT2D eigenvalue weighted by molar-refractivity contribution is 0.104. The molecule has 0 unspecified atom stereocenters. The first-order valence-electron chi connectivity index (χ1n) is 6.69. The SMILES string of the molecule is O=C(c1ccccc1)c1cc(=O)n(Cc2ccc(Br)cc2)s1. The van der Waals surface area contributed by atoms with Crippen molar-refractivity contribution in [3.05, 3.63) is 91.5 Å². The molecular weight excluding hydrogens is 362 g/mol. The van der Waals surface area contributed by atoms with Crippen LogP contribution in [0.1, 0.15) is 20.8 Å². The lowest BCUT2D eigenvalue weighted by Gasteiger charge is -2.01. The van der Waals surface area contributed by atoms with E-state index in [4.69, 9.17) is 0 Å². The zero-order valence-electron chi connectivity index (χ0n) is 11.5. The van der Waals surface area contributed by atoms with Crippen LogP contribution in [0.15, 0.2) is 69.9 Å². The van der Waals surface area contributed by atoms with Crippen LogP contribution in [0.3, 0.4) is 0 Å². The summed E-state index contributed by atoms with van der Waals surface area (Å²) in [5.74, 6) is -0.114. The molecule has 3 nitrogen and oxygen atoms in total. The molecule has 0 bridgehead atoms. The zero-order chi connectivity index (χ0) is 15.5. The highest BCUT2D eigenvalue weighted by Gasteiger charge is 2.14. The van der Waals surface area contributed by atoms with E-state index in [0.717, 1.165) is 10.0 Å². The maximum atomic E-state index is 12.4. The first kappa shape index (κ1) is 14.9. The fraction of sp³-hybridized carbons (Fsp3) is 0.0588. The molecule has 110 valence electrons. The third kappa shape index (κ3) is 3.26. The van der Waals surface area contributed by atoms with Crippen LogP contribution in [0, 0.1) is 0 Å². The number of carbonyl (C=O) groups is 1. The molecule has 0 atom stereocenters. The van der Waals surface area contributed by atoms with Crippen LogP contribution < -0.4 is 5.56 Å². The molecule has 5 heteroatoms. The molecule has 0 saturated carbocycles. The highest BCUT2D eigenvalue weighted by molar-refractivity contribution is 9.10. The molecule has 0 amide bonds. The van der Waals surface area contributed by atoms with Crippen LogP contribution in [0.5, 0.6) is 0 Å². The topological polar surface area (TPSA) is 39.1 Å². The second kappa shape index (κ2) is 6.42. The van der Waals surface area contributed by atoms with Gasteiger partial charge in [-0.15, -0.1) is 0 Å². The second-order valence-electron chi connectivity index (χ2n) is 4.80. The Morgan fingerprint density at radius 3 is 2.41 bits per heavy atom. The standard InChI is InChI=1S/C17H12BrNO2S/c18-14-8-6-12(7-9-14)11-19-16(20)10-15(22-19)17(21)13-4-2-1-3-5-13/h1-10H,11H2. The van der Waals surface area contributed by atoms with Crippen molar-refractivity contribution in [2.75, 3.05) is 0 Å². The summed E-state index contributed by atoms with van der Waals surface area (Å²) in [5, 5.41) is 0. The van der Waals surface area contributed by atoms with E-state index in [1.54, 1.807) is 16.1 Å². The first-order chi connectivity index (χ1) is 10.6. The Labute approximate surface area is 140 Å². The average Bonchev–Trinajstić information content (AvgIpc) is 2.91. The minimum absolute atomic E-state index is 0.114. The zero-order valence-corrected chi connectivity index (χ0v) is 13.9. The van der Waals surface area contributed by atoms with Crippen molar-refractivity contribution in [2.24, 2.45) is 0 Å². The number of aromatic nitrogens is 1. The van der Waals surface area contributed by atoms with E-state index in [-0.39, 0.29) is 11.3 Å². The molecule has 3 aromatic rings. The molecule has 3 rings (SSSR count). The van der Waals surface area contributed by atoms with Crippen molar-refractivity contribution < 1.29 is 4.79 Å². The number of rotatable bonds is 4. The van der Waals surface area contributed by atoms with E-state index in [0.29, 0.717) is 17.0 Å². The third-order valence-electron chi connectivity index (χ3n) is 3.21. The van der Waals surface area contributed by atoms with Gasteiger partial charge in [-0.3, -0.25) is 13.5 Å². The van der Waals surface area contributed by atoms with E-state index < -0.39 is 0 Å². The van der Waals surface area contributed by atoms with Crippen LogP contribution in [0.2, 0.25) is 0 Å². The van der Waals surface area contributed by atoms with Gasteiger partial charge in [-0.1, -0.05) is 69.9 Å². The summed E-state index contributed by atoms with van der Waals surface area (Å²) in [7, 11) is 0. The second-order valence-corrected chi connectivity index (χ2v) is 6.78. The van der Waals surface area contributed by atoms with Crippen molar-refractivity contribution in [1.82, 2.24) is 3.96 Å². The van der Waals surface area contributed by atoms with Gasteiger partial charge < -0.3 is 0 Å². The van der Waals surface area contributed by atoms with Crippen molar-refractivity contribution in [3.63, 3.8) is 0 Å². The molecular formula is C17H12BrNO2S. The van der Waals surface area contributed by atoms with Crippen LogP contribution in [-0.4, -0.2) is 9.74 Å². The fourth-order valence-corrected chi connectivity index (χ4v) is 3.29. The first-order valence-corrected chi connectivity index (χ1v) is 8.25. The molecule has 0 aliphatic heterocycles. The quantitative estimate of drug-likeness (QED) is 0.649. The van der Waals surface area contributed by atoms with E-state index in [9.17, 15) is 9.59 Å². The maximum absolute atomic E-state index is 12.4. The number of hydrogen-bond acceptors (Lipinski definition) is 3. The monoisotopic (exact) mass is 373 g/mol. The Balaban J connectivity index is 1.86. The van der Waals surface area contributed by atoms with Gasteiger partial charge >= 0.3 is 0 Å². The van der Waals surface area contributed by atoms with E-state index in [2.05, 4.69) is 15.9 Å². The lowest BCUT2D eigenvalue weighted by Crippen LogP contribution is -2.12. The predicted molar refractivity (Wildman–Crippen MR) is 91.7 cm³/mol. The summed E-state index contributed by atoms with van der Waals surface area (Å²) in [4.78, 5) is 24.9. The number of halogens is 1. The molecule has 2 aromatic carbocycles. The Morgan fingerprint density at radius 2 is 1.73 bits per heavy atom. The number of hydrogen-bond donors (Lipinski definition) is 0.